The number of nitrogens with one attached hydrogen (secondary N) is 1. The minimum absolute atomic E-state index is 0.460. The highest BCUT2D eigenvalue weighted by Gasteiger charge is 2.16. The lowest BCUT2D eigenvalue weighted by atomic mass is 10.0. The average Bonchev–Trinajstić information content (AvgIpc) is 2.67. The van der Waals surface area contributed by atoms with E-state index in [0.717, 1.165) is 19.8 Å². The molecule has 96 valence electrons. The first kappa shape index (κ1) is 13.1. The Kier molecular flexibility index (Phi) is 4.60. The van der Waals surface area contributed by atoms with Gasteiger partial charge in [0.2, 0.25) is 0 Å². The Morgan fingerprint density at radius 1 is 1.53 bits per heavy atom. The lowest BCUT2D eigenvalue weighted by molar-refractivity contribution is 0.0540. The van der Waals surface area contributed by atoms with E-state index in [1.807, 2.05) is 11.3 Å². The first-order valence-corrected chi connectivity index (χ1v) is 7.36. The molecule has 2 rings (SSSR count). The monoisotopic (exact) mass is 253 g/mol. The summed E-state index contributed by atoms with van der Waals surface area (Å²) >= 11 is 1.89. The predicted octanol–water partition coefficient (Wildman–Crippen LogP) is 3.44. The Morgan fingerprint density at radius 2 is 2.35 bits per heavy atom. The number of thiophene rings is 1. The molecular formula is C14H23NOS. The lowest BCUT2D eigenvalue weighted by Crippen LogP contribution is -2.30. The van der Waals surface area contributed by atoms with E-state index >= 15 is 0 Å². The highest BCUT2D eigenvalue weighted by atomic mass is 32.1. The first-order valence-electron chi connectivity index (χ1n) is 6.55. The highest BCUT2D eigenvalue weighted by Crippen LogP contribution is 2.26. The summed E-state index contributed by atoms with van der Waals surface area (Å²) < 4.78 is 5.51. The molecule has 1 aromatic heterocycles. The van der Waals surface area contributed by atoms with E-state index in [1.165, 1.54) is 28.2 Å². The SMILES string of the molecule is Cc1cc(C(C)NCC2CCCOC2)c(C)s1. The number of hydrogen-bond acceptors (Lipinski definition) is 3. The van der Waals surface area contributed by atoms with E-state index in [0.29, 0.717) is 12.0 Å². The van der Waals surface area contributed by atoms with Crippen LogP contribution in [-0.4, -0.2) is 19.8 Å². The maximum absolute atomic E-state index is 5.51. The van der Waals surface area contributed by atoms with Gasteiger partial charge in [-0.1, -0.05) is 0 Å². The van der Waals surface area contributed by atoms with Crippen LogP contribution in [0.1, 0.15) is 41.1 Å². The Bertz CT molecular complexity index is 355. The van der Waals surface area contributed by atoms with Crippen LogP contribution in [0.15, 0.2) is 6.07 Å². The van der Waals surface area contributed by atoms with Crippen LogP contribution in [0.3, 0.4) is 0 Å². The van der Waals surface area contributed by atoms with Crippen molar-refractivity contribution < 1.29 is 4.74 Å². The fourth-order valence-electron chi connectivity index (χ4n) is 2.50. The zero-order chi connectivity index (χ0) is 12.3. The van der Waals surface area contributed by atoms with Crippen LogP contribution >= 0.6 is 11.3 Å². The van der Waals surface area contributed by atoms with Crippen LogP contribution in [-0.2, 0) is 4.74 Å². The molecule has 0 radical (unpaired) electrons. The number of hydrogen-bond donors (Lipinski definition) is 1. The number of ether oxygens (including phenoxy) is 1. The van der Waals surface area contributed by atoms with E-state index in [9.17, 15) is 0 Å². The molecule has 0 saturated carbocycles. The van der Waals surface area contributed by atoms with Crippen molar-refractivity contribution in [3.63, 3.8) is 0 Å². The average molecular weight is 253 g/mol. The molecule has 17 heavy (non-hydrogen) atoms. The van der Waals surface area contributed by atoms with Crippen molar-refractivity contribution >= 4 is 11.3 Å². The Balaban J connectivity index is 1.84. The van der Waals surface area contributed by atoms with Crippen molar-refractivity contribution in [3.8, 4) is 0 Å². The molecule has 1 aliphatic heterocycles. The minimum atomic E-state index is 0.460. The smallest absolute Gasteiger partial charge is 0.0506 e. The Labute approximate surface area is 108 Å². The molecule has 2 unspecified atom stereocenters. The van der Waals surface area contributed by atoms with Gasteiger partial charge in [0, 0.05) is 28.9 Å². The van der Waals surface area contributed by atoms with Crippen molar-refractivity contribution in [2.45, 2.75) is 39.7 Å². The lowest BCUT2D eigenvalue weighted by Gasteiger charge is -2.24. The molecule has 3 heteroatoms. The largest absolute Gasteiger partial charge is 0.381 e. The topological polar surface area (TPSA) is 21.3 Å². The predicted molar refractivity (Wildman–Crippen MR) is 73.8 cm³/mol. The van der Waals surface area contributed by atoms with Crippen LogP contribution in [0.5, 0.6) is 0 Å². The summed E-state index contributed by atoms with van der Waals surface area (Å²) in [7, 11) is 0. The van der Waals surface area contributed by atoms with Crippen molar-refractivity contribution in [3.05, 3.63) is 21.4 Å². The summed E-state index contributed by atoms with van der Waals surface area (Å²) in [6.07, 6.45) is 2.53. The molecule has 0 spiro atoms. The molecule has 1 aromatic rings. The summed E-state index contributed by atoms with van der Waals surface area (Å²) in [5.74, 6) is 0.700. The van der Waals surface area contributed by atoms with Gasteiger partial charge >= 0.3 is 0 Å². The van der Waals surface area contributed by atoms with E-state index in [2.05, 4.69) is 32.2 Å². The second-order valence-corrected chi connectivity index (χ2v) is 6.54. The van der Waals surface area contributed by atoms with E-state index < -0.39 is 0 Å². The molecule has 0 aliphatic carbocycles. The van der Waals surface area contributed by atoms with Crippen LogP contribution in [0.4, 0.5) is 0 Å². The second-order valence-electron chi connectivity index (χ2n) is 5.08. The molecule has 1 fully saturated rings. The fraction of sp³-hybridized carbons (Fsp3) is 0.714. The summed E-state index contributed by atoms with van der Waals surface area (Å²) in [4.78, 5) is 2.86. The van der Waals surface area contributed by atoms with Gasteiger partial charge in [0.1, 0.15) is 0 Å². The van der Waals surface area contributed by atoms with Gasteiger partial charge in [0.15, 0.2) is 0 Å². The van der Waals surface area contributed by atoms with E-state index in [4.69, 9.17) is 4.74 Å². The summed E-state index contributed by atoms with van der Waals surface area (Å²) in [6.45, 7) is 9.63. The van der Waals surface area contributed by atoms with Gasteiger partial charge in [-0.3, -0.25) is 0 Å². The van der Waals surface area contributed by atoms with Crippen molar-refractivity contribution in [1.29, 1.82) is 0 Å². The van der Waals surface area contributed by atoms with Gasteiger partial charge in [-0.05, 0) is 51.2 Å². The van der Waals surface area contributed by atoms with Gasteiger partial charge in [0.05, 0.1) is 6.61 Å². The first-order chi connectivity index (χ1) is 8.16. The fourth-order valence-corrected chi connectivity index (χ4v) is 3.52. The van der Waals surface area contributed by atoms with Crippen molar-refractivity contribution in [2.75, 3.05) is 19.8 Å². The molecule has 0 aromatic carbocycles. The third kappa shape index (κ3) is 3.54. The summed E-state index contributed by atoms with van der Waals surface area (Å²) in [6, 6.07) is 2.77. The zero-order valence-electron chi connectivity index (χ0n) is 11.1. The molecule has 0 bridgehead atoms. The number of rotatable bonds is 4. The Morgan fingerprint density at radius 3 is 2.94 bits per heavy atom. The van der Waals surface area contributed by atoms with Gasteiger partial charge < -0.3 is 10.1 Å². The van der Waals surface area contributed by atoms with Gasteiger partial charge in [0.25, 0.3) is 0 Å². The van der Waals surface area contributed by atoms with Crippen LogP contribution < -0.4 is 5.32 Å². The molecule has 1 saturated heterocycles. The summed E-state index contributed by atoms with van der Waals surface area (Å²) in [5, 5.41) is 3.65. The second kappa shape index (κ2) is 5.98. The third-order valence-corrected chi connectivity index (χ3v) is 4.49. The molecule has 1 N–H and O–H groups in total. The summed E-state index contributed by atoms with van der Waals surface area (Å²) in [5.41, 5.74) is 1.46. The number of aryl methyl sites for hydroxylation is 2. The van der Waals surface area contributed by atoms with E-state index in [1.54, 1.807) is 0 Å². The molecule has 2 heterocycles. The molecule has 2 atom stereocenters. The Hall–Kier alpha value is -0.380. The molecular weight excluding hydrogens is 230 g/mol. The maximum atomic E-state index is 5.51. The van der Waals surface area contributed by atoms with Crippen molar-refractivity contribution in [2.24, 2.45) is 5.92 Å². The van der Waals surface area contributed by atoms with Crippen molar-refractivity contribution in [1.82, 2.24) is 5.32 Å². The minimum Gasteiger partial charge on any atom is -0.381 e. The quantitative estimate of drug-likeness (QED) is 0.887. The molecule has 1 aliphatic rings. The molecule has 2 nitrogen and oxygen atoms in total. The van der Waals surface area contributed by atoms with Gasteiger partial charge in [-0.25, -0.2) is 0 Å². The van der Waals surface area contributed by atoms with Gasteiger partial charge in [-0.2, -0.15) is 0 Å². The molecule has 0 amide bonds. The normalized spacial score (nSPS) is 22.6. The third-order valence-electron chi connectivity index (χ3n) is 3.51. The van der Waals surface area contributed by atoms with Crippen LogP contribution in [0.25, 0.3) is 0 Å². The highest BCUT2D eigenvalue weighted by molar-refractivity contribution is 7.12. The van der Waals surface area contributed by atoms with Crippen LogP contribution in [0.2, 0.25) is 0 Å². The van der Waals surface area contributed by atoms with E-state index in [-0.39, 0.29) is 0 Å². The van der Waals surface area contributed by atoms with Crippen LogP contribution in [0, 0.1) is 19.8 Å². The standard InChI is InChI=1S/C14H23NOS/c1-10-7-14(12(3)17-10)11(2)15-8-13-5-4-6-16-9-13/h7,11,13,15H,4-6,8-9H2,1-3H3. The van der Waals surface area contributed by atoms with Gasteiger partial charge in [-0.15, -0.1) is 11.3 Å². The zero-order valence-corrected chi connectivity index (χ0v) is 11.9. The maximum Gasteiger partial charge on any atom is 0.0506 e.